The molecule has 2 aromatic carbocycles. The second kappa shape index (κ2) is 10.5. The average Bonchev–Trinajstić information content (AvgIpc) is 2.69. The Kier molecular flexibility index (Phi) is 8.00. The fraction of sp³-hybridized carbons (Fsp3) is 0.227. The van der Waals surface area contributed by atoms with E-state index in [1.807, 2.05) is 24.3 Å². The summed E-state index contributed by atoms with van der Waals surface area (Å²) in [5.74, 6) is -1.71. The molecule has 0 atom stereocenters. The highest BCUT2D eigenvalue weighted by Crippen LogP contribution is 2.22. The van der Waals surface area contributed by atoms with Crippen molar-refractivity contribution < 1.29 is 14.4 Å². The second-order valence-corrected chi connectivity index (χ2v) is 7.46. The molecule has 0 radical (unpaired) electrons. The number of hydrazine groups is 1. The van der Waals surface area contributed by atoms with Gasteiger partial charge in [-0.3, -0.25) is 19.8 Å². The molecule has 8 heteroatoms. The number of hydrogen-bond donors (Lipinski definition) is 4. The lowest BCUT2D eigenvalue weighted by atomic mass is 10.0. The summed E-state index contributed by atoms with van der Waals surface area (Å²) < 4.78 is 0. The molecule has 0 saturated heterocycles. The number of hydrogen-bond acceptors (Lipinski definition) is 4. The van der Waals surface area contributed by atoms with E-state index in [1.54, 1.807) is 25.1 Å². The van der Waals surface area contributed by atoms with Gasteiger partial charge in [0.05, 0.1) is 6.42 Å². The number of halogens is 1. The maximum Gasteiger partial charge on any atom is 0.327 e. The maximum absolute atomic E-state index is 12.1. The molecule has 0 aromatic heterocycles. The van der Waals surface area contributed by atoms with Gasteiger partial charge in [0.1, 0.15) is 0 Å². The van der Waals surface area contributed by atoms with E-state index in [9.17, 15) is 14.4 Å². The molecule has 3 amide bonds. The van der Waals surface area contributed by atoms with Gasteiger partial charge in [0.2, 0.25) is 5.91 Å². The fourth-order valence-electron chi connectivity index (χ4n) is 2.52. The van der Waals surface area contributed by atoms with Crippen LogP contribution in [-0.4, -0.2) is 17.7 Å². The lowest BCUT2D eigenvalue weighted by Crippen LogP contribution is -2.43. The van der Waals surface area contributed by atoms with E-state index < -0.39 is 11.8 Å². The van der Waals surface area contributed by atoms with Gasteiger partial charge in [-0.15, -0.1) is 0 Å². The minimum atomic E-state index is -0.930. The van der Waals surface area contributed by atoms with Crippen molar-refractivity contribution in [1.29, 1.82) is 0 Å². The third-order valence-electron chi connectivity index (χ3n) is 4.31. The zero-order valence-corrected chi connectivity index (χ0v) is 17.9. The molecule has 0 heterocycles. The van der Waals surface area contributed by atoms with E-state index in [0.29, 0.717) is 27.9 Å². The quantitative estimate of drug-likeness (QED) is 0.397. The van der Waals surface area contributed by atoms with Crippen molar-refractivity contribution in [2.24, 2.45) is 0 Å². The van der Waals surface area contributed by atoms with Crippen LogP contribution in [0, 0.1) is 6.92 Å². The van der Waals surface area contributed by atoms with Gasteiger partial charge in [-0.05, 0) is 48.2 Å². The van der Waals surface area contributed by atoms with Gasteiger partial charge in [0.15, 0.2) is 0 Å². The van der Waals surface area contributed by atoms with E-state index in [1.165, 1.54) is 5.56 Å². The Labute approximate surface area is 180 Å². The number of benzene rings is 2. The van der Waals surface area contributed by atoms with E-state index in [-0.39, 0.29) is 18.0 Å². The Balaban J connectivity index is 1.78. The Morgan fingerprint density at radius 2 is 1.63 bits per heavy atom. The Hall–Kier alpha value is -3.32. The maximum atomic E-state index is 12.1. The molecule has 0 unspecified atom stereocenters. The normalized spacial score (nSPS) is 10.3. The minimum Gasteiger partial charge on any atom is -0.326 e. The first-order valence-electron chi connectivity index (χ1n) is 9.37. The monoisotopic (exact) mass is 428 g/mol. The SMILES string of the molecule is C=C(CC(=O)Nc1ccc(C(C)C)cc1)NNC(=O)C(=O)Nc1cccc(Cl)c1C. The largest absolute Gasteiger partial charge is 0.327 e. The molecule has 0 spiro atoms. The highest BCUT2D eigenvalue weighted by atomic mass is 35.5. The summed E-state index contributed by atoms with van der Waals surface area (Å²) in [6, 6.07) is 12.5. The van der Waals surface area contributed by atoms with E-state index in [0.717, 1.165) is 0 Å². The zero-order valence-electron chi connectivity index (χ0n) is 17.1. The number of carbonyl (C=O) groups excluding carboxylic acids is 3. The number of anilines is 2. The highest BCUT2D eigenvalue weighted by Gasteiger charge is 2.16. The molecule has 0 aliphatic rings. The molecule has 0 aliphatic carbocycles. The molecule has 2 aromatic rings. The van der Waals surface area contributed by atoms with Gasteiger partial charge in [-0.1, -0.05) is 50.2 Å². The number of carbonyl (C=O) groups is 3. The molecular formula is C22H25ClN4O3. The predicted molar refractivity (Wildman–Crippen MR) is 119 cm³/mol. The van der Waals surface area contributed by atoms with Crippen LogP contribution >= 0.6 is 11.6 Å². The van der Waals surface area contributed by atoms with Crippen LogP contribution in [0.1, 0.15) is 37.3 Å². The summed E-state index contributed by atoms with van der Waals surface area (Å²) in [4.78, 5) is 36.1. The standard InChI is InChI=1S/C22H25ClN4O3/c1-13(2)16-8-10-17(11-9-16)24-20(28)12-14(3)26-27-22(30)21(29)25-19-7-5-6-18(23)15(19)4/h5-11,13,26H,3,12H2,1-2,4H3,(H,24,28)(H,25,29)(H,27,30). The molecule has 0 aliphatic heterocycles. The van der Waals surface area contributed by atoms with Crippen molar-refractivity contribution in [3.63, 3.8) is 0 Å². The lowest BCUT2D eigenvalue weighted by molar-refractivity contribution is -0.136. The van der Waals surface area contributed by atoms with Crippen molar-refractivity contribution in [2.45, 2.75) is 33.1 Å². The van der Waals surface area contributed by atoms with E-state index in [2.05, 4.69) is 41.9 Å². The Morgan fingerprint density at radius 3 is 2.27 bits per heavy atom. The summed E-state index contributed by atoms with van der Waals surface area (Å²) in [5.41, 5.74) is 7.84. The van der Waals surface area contributed by atoms with Gasteiger partial charge in [-0.2, -0.15) is 0 Å². The molecule has 158 valence electrons. The minimum absolute atomic E-state index is 0.0821. The summed E-state index contributed by atoms with van der Waals surface area (Å²) in [6.07, 6.45) is -0.0821. The fourth-order valence-corrected chi connectivity index (χ4v) is 2.69. The molecule has 4 N–H and O–H groups in total. The summed E-state index contributed by atoms with van der Waals surface area (Å²) in [6.45, 7) is 9.59. The number of amides is 3. The first-order valence-corrected chi connectivity index (χ1v) is 9.75. The first kappa shape index (κ1) is 23.0. The molecule has 0 saturated carbocycles. The number of rotatable bonds is 7. The van der Waals surface area contributed by atoms with Crippen molar-refractivity contribution in [3.8, 4) is 0 Å². The summed E-state index contributed by atoms with van der Waals surface area (Å²) >= 11 is 5.99. The van der Waals surface area contributed by atoms with Crippen molar-refractivity contribution in [2.75, 3.05) is 10.6 Å². The van der Waals surface area contributed by atoms with Crippen molar-refractivity contribution in [3.05, 3.63) is 70.9 Å². The molecular weight excluding hydrogens is 404 g/mol. The van der Waals surface area contributed by atoms with Crippen LogP contribution in [0.2, 0.25) is 5.02 Å². The molecule has 7 nitrogen and oxygen atoms in total. The lowest BCUT2D eigenvalue weighted by Gasteiger charge is -2.13. The Morgan fingerprint density at radius 1 is 0.967 bits per heavy atom. The van der Waals surface area contributed by atoms with Crippen molar-refractivity contribution >= 4 is 40.7 Å². The molecule has 0 bridgehead atoms. The number of nitrogens with one attached hydrogen (secondary N) is 4. The summed E-state index contributed by atoms with van der Waals surface area (Å²) in [5, 5.41) is 5.70. The third-order valence-corrected chi connectivity index (χ3v) is 4.72. The van der Waals surface area contributed by atoms with Gasteiger partial charge in [-0.25, -0.2) is 0 Å². The smallest absolute Gasteiger partial charge is 0.326 e. The van der Waals surface area contributed by atoms with E-state index in [4.69, 9.17) is 11.6 Å². The topological polar surface area (TPSA) is 99.3 Å². The predicted octanol–water partition coefficient (Wildman–Crippen LogP) is 3.87. The average molecular weight is 429 g/mol. The van der Waals surface area contributed by atoms with Crippen LogP contribution < -0.4 is 21.5 Å². The zero-order chi connectivity index (χ0) is 22.3. The third kappa shape index (κ3) is 6.63. The first-order chi connectivity index (χ1) is 14.2. The molecule has 30 heavy (non-hydrogen) atoms. The van der Waals surface area contributed by atoms with Crippen LogP contribution in [0.5, 0.6) is 0 Å². The van der Waals surface area contributed by atoms with Gasteiger partial charge in [0.25, 0.3) is 0 Å². The van der Waals surface area contributed by atoms with Gasteiger partial charge >= 0.3 is 11.8 Å². The van der Waals surface area contributed by atoms with Crippen LogP contribution in [0.4, 0.5) is 11.4 Å². The van der Waals surface area contributed by atoms with Crippen LogP contribution in [0.25, 0.3) is 0 Å². The van der Waals surface area contributed by atoms with Crippen molar-refractivity contribution in [1.82, 2.24) is 10.9 Å². The molecule has 0 fully saturated rings. The van der Waals surface area contributed by atoms with Gasteiger partial charge in [0, 0.05) is 22.1 Å². The van der Waals surface area contributed by atoms with E-state index >= 15 is 0 Å². The van der Waals surface area contributed by atoms with Crippen LogP contribution in [0.3, 0.4) is 0 Å². The second-order valence-electron chi connectivity index (χ2n) is 7.05. The Bertz CT molecular complexity index is 955. The van der Waals surface area contributed by atoms with Crippen LogP contribution in [0.15, 0.2) is 54.7 Å². The highest BCUT2D eigenvalue weighted by molar-refractivity contribution is 6.40. The molecule has 2 rings (SSSR count). The van der Waals surface area contributed by atoms with Crippen LogP contribution in [-0.2, 0) is 14.4 Å². The summed E-state index contributed by atoms with van der Waals surface area (Å²) in [7, 11) is 0. The van der Waals surface area contributed by atoms with Gasteiger partial charge < -0.3 is 16.1 Å².